The summed E-state index contributed by atoms with van der Waals surface area (Å²) in [5, 5.41) is 11.6. The zero-order valence-electron chi connectivity index (χ0n) is 10.4. The van der Waals surface area contributed by atoms with E-state index in [0.29, 0.717) is 18.7 Å². The Bertz CT molecular complexity index is 353. The molecule has 5 nitrogen and oxygen atoms in total. The van der Waals surface area contributed by atoms with E-state index in [2.05, 4.69) is 5.32 Å². The predicted molar refractivity (Wildman–Crippen MR) is 65.0 cm³/mol. The molecular weight excluding hydrogens is 242 g/mol. The molecule has 0 spiro atoms. The minimum atomic E-state index is -0.912. The fraction of sp³-hybridized carbons (Fsp3) is 0.818. The lowest BCUT2D eigenvalue weighted by Gasteiger charge is -2.05. The molecule has 1 saturated carbocycles. The Morgan fingerprint density at radius 3 is 2.35 bits per heavy atom. The van der Waals surface area contributed by atoms with E-state index in [9.17, 15) is 13.8 Å². The van der Waals surface area contributed by atoms with Gasteiger partial charge in [-0.15, -0.1) is 0 Å². The molecule has 0 saturated heterocycles. The van der Waals surface area contributed by atoms with Crippen molar-refractivity contribution in [3.63, 3.8) is 0 Å². The van der Waals surface area contributed by atoms with E-state index in [0.717, 1.165) is 0 Å². The van der Waals surface area contributed by atoms with Crippen molar-refractivity contribution in [2.45, 2.75) is 20.3 Å². The van der Waals surface area contributed by atoms with E-state index in [4.69, 9.17) is 5.11 Å². The SMILES string of the molecule is CS(=O)CCCNC(=O)[C@H]1[C@@H](C(=O)O)C1(C)C. The van der Waals surface area contributed by atoms with Crippen LogP contribution in [0.4, 0.5) is 0 Å². The van der Waals surface area contributed by atoms with Gasteiger partial charge in [0.25, 0.3) is 0 Å². The number of carboxylic acids is 1. The second-order valence-corrected chi connectivity index (χ2v) is 6.59. The van der Waals surface area contributed by atoms with Crippen LogP contribution in [0, 0.1) is 17.3 Å². The Hall–Kier alpha value is -0.910. The molecule has 3 atom stereocenters. The van der Waals surface area contributed by atoms with Gasteiger partial charge in [0, 0.05) is 29.4 Å². The minimum Gasteiger partial charge on any atom is -0.481 e. The van der Waals surface area contributed by atoms with Crippen molar-refractivity contribution in [3.8, 4) is 0 Å². The van der Waals surface area contributed by atoms with Gasteiger partial charge in [0.2, 0.25) is 5.91 Å². The lowest BCUT2D eigenvalue weighted by Crippen LogP contribution is -2.28. The largest absolute Gasteiger partial charge is 0.481 e. The maximum atomic E-state index is 11.7. The van der Waals surface area contributed by atoms with Gasteiger partial charge in [-0.3, -0.25) is 13.8 Å². The van der Waals surface area contributed by atoms with Gasteiger partial charge < -0.3 is 10.4 Å². The summed E-state index contributed by atoms with van der Waals surface area (Å²) in [6.45, 7) is 4.03. The molecule has 2 N–H and O–H groups in total. The van der Waals surface area contributed by atoms with Gasteiger partial charge in [0.05, 0.1) is 11.8 Å². The molecule has 0 aromatic heterocycles. The van der Waals surface area contributed by atoms with Crippen LogP contribution in [0.2, 0.25) is 0 Å². The van der Waals surface area contributed by atoms with E-state index in [1.54, 1.807) is 20.1 Å². The van der Waals surface area contributed by atoms with Crippen LogP contribution in [-0.2, 0) is 20.4 Å². The molecule has 0 radical (unpaired) electrons. The molecule has 17 heavy (non-hydrogen) atoms. The summed E-state index contributed by atoms with van der Waals surface area (Å²) in [6, 6.07) is 0. The van der Waals surface area contributed by atoms with Gasteiger partial charge in [0.1, 0.15) is 0 Å². The molecule has 0 heterocycles. The van der Waals surface area contributed by atoms with Crippen molar-refractivity contribution < 1.29 is 18.9 Å². The van der Waals surface area contributed by atoms with Crippen LogP contribution < -0.4 is 5.32 Å². The highest BCUT2D eigenvalue weighted by atomic mass is 32.2. The first-order chi connectivity index (χ1) is 7.78. The van der Waals surface area contributed by atoms with Crippen molar-refractivity contribution in [2.24, 2.45) is 17.3 Å². The third-order valence-corrected chi connectivity index (χ3v) is 4.15. The van der Waals surface area contributed by atoms with Crippen LogP contribution in [0.15, 0.2) is 0 Å². The monoisotopic (exact) mass is 261 g/mol. The van der Waals surface area contributed by atoms with Crippen LogP contribution >= 0.6 is 0 Å². The summed E-state index contributed by atoms with van der Waals surface area (Å²) in [5.74, 6) is -1.58. The molecule has 6 heteroatoms. The molecule has 0 bridgehead atoms. The van der Waals surface area contributed by atoms with Crippen LogP contribution in [0.3, 0.4) is 0 Å². The summed E-state index contributed by atoms with van der Waals surface area (Å²) in [6.07, 6.45) is 2.27. The van der Waals surface area contributed by atoms with Gasteiger partial charge in [-0.1, -0.05) is 13.8 Å². The first kappa shape index (κ1) is 14.2. The molecule has 1 aliphatic rings. The highest BCUT2D eigenvalue weighted by molar-refractivity contribution is 7.84. The van der Waals surface area contributed by atoms with Gasteiger partial charge in [-0.25, -0.2) is 0 Å². The molecule has 1 amide bonds. The number of hydrogen-bond acceptors (Lipinski definition) is 3. The zero-order valence-corrected chi connectivity index (χ0v) is 11.2. The van der Waals surface area contributed by atoms with E-state index in [1.165, 1.54) is 0 Å². The van der Waals surface area contributed by atoms with Crippen molar-refractivity contribution >= 4 is 22.7 Å². The fourth-order valence-corrected chi connectivity index (χ4v) is 2.74. The predicted octanol–water partition coefficient (Wildman–Crippen LogP) is 0.228. The van der Waals surface area contributed by atoms with Gasteiger partial charge in [0.15, 0.2) is 0 Å². The Balaban J connectivity index is 2.35. The molecule has 0 aromatic carbocycles. The van der Waals surface area contributed by atoms with Crippen molar-refractivity contribution in [1.29, 1.82) is 0 Å². The molecule has 0 aromatic rings. The van der Waals surface area contributed by atoms with Crippen molar-refractivity contribution in [1.82, 2.24) is 5.32 Å². The first-order valence-electron chi connectivity index (χ1n) is 5.59. The highest BCUT2D eigenvalue weighted by Gasteiger charge is 2.65. The zero-order chi connectivity index (χ0) is 13.2. The van der Waals surface area contributed by atoms with Crippen molar-refractivity contribution in [2.75, 3.05) is 18.6 Å². The smallest absolute Gasteiger partial charge is 0.307 e. The maximum absolute atomic E-state index is 11.7. The third-order valence-electron chi connectivity index (χ3n) is 3.28. The van der Waals surface area contributed by atoms with Crippen LogP contribution in [0.1, 0.15) is 20.3 Å². The van der Waals surface area contributed by atoms with E-state index < -0.39 is 34.0 Å². The standard InChI is InChI=1S/C11H19NO4S/c1-11(2)7(8(11)10(14)15)9(13)12-5-4-6-17(3)16/h7-8H,4-6H2,1-3H3,(H,12,13)(H,14,15)/t7-,8+,17?/m1/s1. The van der Waals surface area contributed by atoms with E-state index >= 15 is 0 Å². The van der Waals surface area contributed by atoms with Crippen LogP contribution in [-0.4, -0.2) is 39.7 Å². The van der Waals surface area contributed by atoms with Gasteiger partial charge in [-0.05, 0) is 11.8 Å². The second kappa shape index (κ2) is 5.16. The van der Waals surface area contributed by atoms with E-state index in [1.807, 2.05) is 0 Å². The Labute approximate surface area is 103 Å². The molecule has 98 valence electrons. The maximum Gasteiger partial charge on any atom is 0.307 e. The number of nitrogens with one attached hydrogen (secondary N) is 1. The average Bonchev–Trinajstić information content (AvgIpc) is 2.76. The number of aliphatic carboxylic acids is 1. The number of rotatable bonds is 6. The third kappa shape index (κ3) is 3.28. The number of amides is 1. The van der Waals surface area contributed by atoms with Gasteiger partial charge in [-0.2, -0.15) is 0 Å². The molecule has 1 rings (SSSR count). The summed E-state index contributed by atoms with van der Waals surface area (Å²) in [4.78, 5) is 22.6. The Morgan fingerprint density at radius 1 is 1.35 bits per heavy atom. The number of carbonyl (C=O) groups is 2. The topological polar surface area (TPSA) is 83.5 Å². The number of hydrogen-bond donors (Lipinski definition) is 2. The molecular formula is C11H19NO4S. The Morgan fingerprint density at radius 2 is 1.94 bits per heavy atom. The number of carboxylic acid groups (broad SMARTS) is 1. The van der Waals surface area contributed by atoms with E-state index in [-0.39, 0.29) is 5.91 Å². The van der Waals surface area contributed by atoms with Crippen LogP contribution in [0.25, 0.3) is 0 Å². The van der Waals surface area contributed by atoms with Crippen molar-refractivity contribution in [3.05, 3.63) is 0 Å². The highest BCUT2D eigenvalue weighted by Crippen LogP contribution is 2.58. The quantitative estimate of drug-likeness (QED) is 0.670. The summed E-state index contributed by atoms with van der Waals surface area (Å²) < 4.78 is 10.8. The average molecular weight is 261 g/mol. The molecule has 1 aliphatic carbocycles. The summed E-state index contributed by atoms with van der Waals surface area (Å²) >= 11 is 0. The number of carbonyl (C=O) groups excluding carboxylic acids is 1. The summed E-state index contributed by atoms with van der Waals surface area (Å²) in [5.41, 5.74) is -0.455. The minimum absolute atomic E-state index is 0.204. The molecule has 0 aliphatic heterocycles. The molecule has 1 fully saturated rings. The van der Waals surface area contributed by atoms with Crippen LogP contribution in [0.5, 0.6) is 0 Å². The Kier molecular flexibility index (Phi) is 4.30. The summed E-state index contributed by atoms with van der Waals surface area (Å²) in [7, 11) is -0.850. The van der Waals surface area contributed by atoms with Gasteiger partial charge >= 0.3 is 5.97 Å². The normalized spacial score (nSPS) is 27.2. The second-order valence-electron chi connectivity index (χ2n) is 5.04. The molecule has 1 unspecified atom stereocenters. The fourth-order valence-electron chi connectivity index (χ4n) is 2.18. The lowest BCUT2D eigenvalue weighted by molar-refractivity contribution is -0.140. The lowest BCUT2D eigenvalue weighted by atomic mass is 10.1. The first-order valence-corrected chi connectivity index (χ1v) is 7.31.